The number of anilines is 1. The molecule has 5 aliphatic rings. The van der Waals surface area contributed by atoms with Gasteiger partial charge in [0.05, 0.1) is 41.1 Å². The molecule has 1 saturated carbocycles. The summed E-state index contributed by atoms with van der Waals surface area (Å²) in [6.07, 6.45) is 14.6. The number of aryl methyl sites for hydroxylation is 5. The molecule has 2 bridgehead atoms. The second-order valence-electron chi connectivity index (χ2n) is 17.0. The van der Waals surface area contributed by atoms with Gasteiger partial charge in [-0.2, -0.15) is 5.10 Å². The molecule has 9 rings (SSSR count). The molecule has 1 spiro atoms. The first-order chi connectivity index (χ1) is 27.0. The number of amides is 2. The van der Waals surface area contributed by atoms with Crippen molar-refractivity contribution in [3.05, 3.63) is 101 Å². The summed E-state index contributed by atoms with van der Waals surface area (Å²) in [6.45, 7) is 6.93. The first kappa shape index (κ1) is 36.9. The van der Waals surface area contributed by atoms with E-state index in [4.69, 9.17) is 9.47 Å². The van der Waals surface area contributed by atoms with Gasteiger partial charge in [-0.25, -0.2) is 4.21 Å². The van der Waals surface area contributed by atoms with Crippen LogP contribution in [-0.2, 0) is 46.5 Å². The number of benzene rings is 2. The molecule has 1 unspecified atom stereocenters. The van der Waals surface area contributed by atoms with Crippen molar-refractivity contribution in [3.8, 4) is 17.0 Å². The van der Waals surface area contributed by atoms with Gasteiger partial charge in [0, 0.05) is 69.1 Å². The normalized spacial score (nSPS) is 29.0. The fraction of sp³-hybridized carbons (Fsp3) is 0.477. The van der Waals surface area contributed by atoms with Crippen LogP contribution in [0.2, 0.25) is 0 Å². The monoisotopic (exact) mass is 776 g/mol. The first-order valence-corrected chi connectivity index (χ1v) is 21.8. The van der Waals surface area contributed by atoms with E-state index in [2.05, 4.69) is 56.4 Å². The third-order valence-electron chi connectivity index (χ3n) is 12.9. The highest BCUT2D eigenvalue weighted by Gasteiger charge is 2.44. The van der Waals surface area contributed by atoms with Gasteiger partial charge >= 0.3 is 0 Å². The predicted octanol–water partition coefficient (Wildman–Crippen LogP) is 6.82. The lowest BCUT2D eigenvalue weighted by molar-refractivity contribution is 0.0131. The Morgan fingerprint density at radius 1 is 1.11 bits per heavy atom. The summed E-state index contributed by atoms with van der Waals surface area (Å²) >= 11 is 0. The Bertz CT molecular complexity index is 2370. The van der Waals surface area contributed by atoms with Crippen LogP contribution in [0, 0.1) is 24.7 Å². The number of carbonyl (C=O) groups is 2. The molecule has 2 amide bonds. The Hall–Kier alpha value is -4.68. The van der Waals surface area contributed by atoms with E-state index in [9.17, 15) is 13.8 Å². The summed E-state index contributed by atoms with van der Waals surface area (Å²) in [5.74, 6) is 0.206. The number of nitrogens with zero attached hydrogens (tertiary/aromatic N) is 5. The van der Waals surface area contributed by atoms with E-state index in [1.165, 1.54) is 16.7 Å². The fourth-order valence-corrected chi connectivity index (χ4v) is 11.8. The van der Waals surface area contributed by atoms with Crippen LogP contribution >= 0.6 is 0 Å². The van der Waals surface area contributed by atoms with E-state index >= 15 is 0 Å². The Balaban J connectivity index is 1.09. The van der Waals surface area contributed by atoms with Crippen molar-refractivity contribution in [1.29, 1.82) is 0 Å². The van der Waals surface area contributed by atoms with Crippen LogP contribution in [0.3, 0.4) is 0 Å². The summed E-state index contributed by atoms with van der Waals surface area (Å²) in [7, 11) is 0.110. The topological polar surface area (TPSA) is 120 Å². The number of rotatable bonds is 3. The van der Waals surface area contributed by atoms with Gasteiger partial charge in [0.15, 0.2) is 0 Å². The Morgan fingerprint density at radius 2 is 1.98 bits per heavy atom. The molecule has 4 aromatic rings. The minimum absolute atomic E-state index is 0.0143. The van der Waals surface area contributed by atoms with Crippen molar-refractivity contribution in [2.24, 2.45) is 29.2 Å². The second kappa shape index (κ2) is 14.4. The number of allylic oxidation sites excluding steroid dienone is 1. The van der Waals surface area contributed by atoms with Crippen molar-refractivity contribution in [2.45, 2.75) is 76.9 Å². The SMILES string of the molecule is CO[C@H]1/C=C/C[C@H](C)CS(=O)(NC(=O)c2cc3n(c2)CCc2nn(C)cc2-3)=NC(=O)c2ccc3c(c2)N(C[C@@H]2CC[C@H]21)C[C@@]1(CCCc2cc(C)ccc21)CO3. The molecular formula is C44H52N6O5S. The number of hydrogen-bond donors (Lipinski definition) is 1. The molecule has 294 valence electrons. The third kappa shape index (κ3) is 6.78. The van der Waals surface area contributed by atoms with E-state index in [-0.39, 0.29) is 23.2 Å². The molecule has 2 aliphatic carbocycles. The predicted molar refractivity (Wildman–Crippen MR) is 217 cm³/mol. The second-order valence-corrected chi connectivity index (χ2v) is 19.0. The molecule has 5 heterocycles. The summed E-state index contributed by atoms with van der Waals surface area (Å²) in [4.78, 5) is 30.6. The molecule has 1 fully saturated rings. The molecule has 1 N–H and O–H groups in total. The van der Waals surface area contributed by atoms with Gasteiger partial charge in [-0.05, 0) is 98.6 Å². The van der Waals surface area contributed by atoms with Crippen molar-refractivity contribution in [1.82, 2.24) is 19.1 Å². The summed E-state index contributed by atoms with van der Waals surface area (Å²) < 4.78 is 38.6. The zero-order chi connectivity index (χ0) is 38.8. The van der Waals surface area contributed by atoms with Crippen LogP contribution in [-0.4, -0.2) is 69.0 Å². The van der Waals surface area contributed by atoms with E-state index in [1.807, 2.05) is 36.9 Å². The van der Waals surface area contributed by atoms with Gasteiger partial charge in [0.25, 0.3) is 11.8 Å². The maximum atomic E-state index is 14.9. The molecule has 11 nitrogen and oxygen atoms in total. The smallest absolute Gasteiger partial charge is 0.286 e. The lowest BCUT2D eigenvalue weighted by Gasteiger charge is -2.46. The van der Waals surface area contributed by atoms with Crippen LogP contribution < -0.4 is 14.4 Å². The highest BCUT2D eigenvalue weighted by Crippen LogP contribution is 2.47. The van der Waals surface area contributed by atoms with Crippen molar-refractivity contribution >= 4 is 27.4 Å². The van der Waals surface area contributed by atoms with Crippen LogP contribution in [0.25, 0.3) is 11.3 Å². The van der Waals surface area contributed by atoms with Gasteiger partial charge in [-0.15, -0.1) is 4.36 Å². The van der Waals surface area contributed by atoms with E-state index in [0.717, 1.165) is 80.0 Å². The molecule has 6 atom stereocenters. The Labute approximate surface area is 329 Å². The lowest BCUT2D eigenvalue weighted by Crippen LogP contribution is -2.49. The number of carbonyl (C=O) groups excluding carboxylic acids is 2. The van der Waals surface area contributed by atoms with Crippen molar-refractivity contribution < 1.29 is 23.3 Å². The molecule has 3 aliphatic heterocycles. The number of hydrogen-bond acceptors (Lipinski definition) is 7. The quantitative estimate of drug-likeness (QED) is 0.227. The maximum Gasteiger partial charge on any atom is 0.286 e. The average Bonchev–Trinajstić information content (AvgIpc) is 3.73. The van der Waals surface area contributed by atoms with E-state index in [1.54, 1.807) is 30.1 Å². The van der Waals surface area contributed by atoms with Crippen LogP contribution in [0.1, 0.15) is 82.1 Å². The Kier molecular flexibility index (Phi) is 9.47. The van der Waals surface area contributed by atoms with Crippen LogP contribution in [0.4, 0.5) is 5.69 Å². The van der Waals surface area contributed by atoms with Gasteiger partial charge in [-0.1, -0.05) is 42.8 Å². The molecule has 56 heavy (non-hydrogen) atoms. The number of ether oxygens (including phenoxy) is 2. The molecular weight excluding hydrogens is 725 g/mol. The zero-order valence-electron chi connectivity index (χ0n) is 32.8. The fourth-order valence-electron chi connectivity index (χ4n) is 9.94. The number of nitrogens with one attached hydrogen (secondary N) is 1. The summed E-state index contributed by atoms with van der Waals surface area (Å²) in [6, 6.07) is 14.1. The van der Waals surface area contributed by atoms with Gasteiger partial charge in [-0.3, -0.25) is 19.0 Å². The van der Waals surface area contributed by atoms with Gasteiger partial charge < -0.3 is 18.9 Å². The largest absolute Gasteiger partial charge is 0.490 e. The lowest BCUT2D eigenvalue weighted by atomic mass is 9.68. The highest BCUT2D eigenvalue weighted by atomic mass is 32.2. The van der Waals surface area contributed by atoms with Crippen molar-refractivity contribution in [3.63, 3.8) is 0 Å². The number of methoxy groups -OCH3 is 1. The standard InChI is InChI=1S/C44H52N6O5S/c1-28-10-14-36-30(19-28)8-6-17-44(36)26-50-22-32-11-13-34(32)40(54-4)9-5-7-29(2)25-56(53,46-42(51)31-12-15-41(55-27-44)39(50)20-31)47-43(52)33-21-38-35-24-48(3)45-37(35)16-18-49(38)23-33/h5,9-10,12,14-15,19-21,23-24,29,32,34,40H,6-8,11,13,16-18,22,25-27H2,1-4H3,(H,46,47,51,52,53)/b9-5+/t29-,32-,34+,40-,44-,56?/m0/s1. The summed E-state index contributed by atoms with van der Waals surface area (Å²) in [5, 5.41) is 4.57. The van der Waals surface area contributed by atoms with Crippen LogP contribution in [0.5, 0.6) is 5.75 Å². The average molecular weight is 777 g/mol. The molecule has 0 saturated heterocycles. The molecule has 2 aromatic carbocycles. The zero-order valence-corrected chi connectivity index (χ0v) is 33.6. The first-order valence-electron chi connectivity index (χ1n) is 20.2. The minimum Gasteiger partial charge on any atom is -0.490 e. The summed E-state index contributed by atoms with van der Waals surface area (Å²) in [5.41, 5.74) is 8.20. The highest BCUT2D eigenvalue weighted by molar-refractivity contribution is 7.92. The van der Waals surface area contributed by atoms with Gasteiger partial charge in [0.2, 0.25) is 0 Å². The molecule has 0 radical (unpaired) electrons. The number of aromatic nitrogens is 3. The maximum absolute atomic E-state index is 14.9. The number of fused-ring (bicyclic) bond motifs is 7. The third-order valence-corrected chi connectivity index (χ3v) is 14.9. The minimum atomic E-state index is -3.56. The van der Waals surface area contributed by atoms with Crippen molar-refractivity contribution in [2.75, 3.05) is 37.5 Å². The van der Waals surface area contributed by atoms with Crippen LogP contribution in [0.15, 0.2) is 71.4 Å². The van der Waals surface area contributed by atoms with E-state index < -0.39 is 21.7 Å². The Morgan fingerprint density at radius 3 is 2.80 bits per heavy atom. The van der Waals surface area contributed by atoms with E-state index in [0.29, 0.717) is 42.5 Å². The molecule has 12 heteroatoms. The molecule has 2 aromatic heterocycles. The van der Waals surface area contributed by atoms with Gasteiger partial charge in [0.1, 0.15) is 15.7 Å².